The summed E-state index contributed by atoms with van der Waals surface area (Å²) in [6.07, 6.45) is 0. The fourth-order valence-electron chi connectivity index (χ4n) is 1.16. The minimum absolute atomic E-state index is 0.0633. The van der Waals surface area contributed by atoms with Gasteiger partial charge in [0, 0.05) is 26.8 Å². The van der Waals surface area contributed by atoms with Crippen molar-refractivity contribution in [3.8, 4) is 0 Å². The highest BCUT2D eigenvalue weighted by Crippen LogP contribution is 1.91. The van der Waals surface area contributed by atoms with E-state index in [1.165, 1.54) is 0 Å². The minimum Gasteiger partial charge on any atom is -0.384 e. The van der Waals surface area contributed by atoms with Crippen LogP contribution in [0.25, 0.3) is 0 Å². The highest BCUT2D eigenvalue weighted by atomic mass is 16.5. The average molecular weight is 216 g/mol. The van der Waals surface area contributed by atoms with Gasteiger partial charge in [0.15, 0.2) is 0 Å². The number of carbonyl (C=O) groups is 1. The van der Waals surface area contributed by atoms with Crippen LogP contribution < -0.4 is 10.6 Å². The molecule has 0 aromatic carbocycles. The van der Waals surface area contributed by atoms with Crippen LogP contribution in [-0.2, 0) is 9.53 Å². The number of hydrogen-bond acceptors (Lipinski definition) is 3. The second kappa shape index (κ2) is 8.68. The van der Waals surface area contributed by atoms with Crippen molar-refractivity contribution < 1.29 is 9.53 Å². The summed E-state index contributed by atoms with van der Waals surface area (Å²) in [4.78, 5) is 11.3. The summed E-state index contributed by atoms with van der Waals surface area (Å²) < 4.78 is 5.00. The Kier molecular flexibility index (Phi) is 8.33. The van der Waals surface area contributed by atoms with Crippen molar-refractivity contribution in [2.75, 3.05) is 33.4 Å². The lowest BCUT2D eigenvalue weighted by Crippen LogP contribution is -2.37. The van der Waals surface area contributed by atoms with Gasteiger partial charge in [-0.2, -0.15) is 0 Å². The lowest BCUT2D eigenvalue weighted by atomic mass is 10.2. The topological polar surface area (TPSA) is 50.4 Å². The second-order valence-corrected chi connectivity index (χ2v) is 4.39. The highest BCUT2D eigenvalue weighted by Gasteiger charge is 2.04. The van der Waals surface area contributed by atoms with Crippen molar-refractivity contribution in [3.05, 3.63) is 0 Å². The summed E-state index contributed by atoms with van der Waals surface area (Å²) in [6.45, 7) is 8.91. The van der Waals surface area contributed by atoms with Gasteiger partial charge in [-0.3, -0.25) is 4.79 Å². The van der Waals surface area contributed by atoms with Gasteiger partial charge in [0.2, 0.25) is 5.91 Å². The molecule has 0 aromatic rings. The van der Waals surface area contributed by atoms with Crippen LogP contribution in [0.5, 0.6) is 0 Å². The Bertz CT molecular complexity index is 172. The summed E-state index contributed by atoms with van der Waals surface area (Å²) in [5, 5.41) is 5.96. The Morgan fingerprint density at radius 1 is 1.27 bits per heavy atom. The molecular weight excluding hydrogens is 192 g/mol. The van der Waals surface area contributed by atoms with Gasteiger partial charge in [-0.25, -0.2) is 0 Å². The molecule has 1 amide bonds. The highest BCUT2D eigenvalue weighted by molar-refractivity contribution is 5.77. The molecule has 0 radical (unpaired) electrons. The fraction of sp³-hybridized carbons (Fsp3) is 0.909. The molecule has 0 heterocycles. The molecule has 4 heteroatoms. The monoisotopic (exact) mass is 216 g/mol. The van der Waals surface area contributed by atoms with Crippen LogP contribution in [0.2, 0.25) is 0 Å². The molecule has 0 fully saturated rings. The second-order valence-electron chi connectivity index (χ2n) is 4.39. The van der Waals surface area contributed by atoms with Gasteiger partial charge in [-0.05, 0) is 11.8 Å². The SMILES string of the molecule is COCC(C)CNCC(=O)NCC(C)C. The van der Waals surface area contributed by atoms with Crippen LogP contribution in [0.3, 0.4) is 0 Å². The molecule has 0 bridgehead atoms. The van der Waals surface area contributed by atoms with E-state index >= 15 is 0 Å². The first-order chi connectivity index (χ1) is 7.06. The molecule has 0 aliphatic carbocycles. The van der Waals surface area contributed by atoms with E-state index in [2.05, 4.69) is 31.4 Å². The Hall–Kier alpha value is -0.610. The third-order valence-electron chi connectivity index (χ3n) is 1.94. The van der Waals surface area contributed by atoms with Gasteiger partial charge < -0.3 is 15.4 Å². The molecule has 0 aromatic heterocycles. The zero-order chi connectivity index (χ0) is 11.7. The molecule has 2 N–H and O–H groups in total. The van der Waals surface area contributed by atoms with Gasteiger partial charge in [-0.1, -0.05) is 20.8 Å². The molecule has 0 saturated carbocycles. The van der Waals surface area contributed by atoms with Gasteiger partial charge >= 0.3 is 0 Å². The van der Waals surface area contributed by atoms with E-state index in [-0.39, 0.29) is 5.91 Å². The van der Waals surface area contributed by atoms with Crippen LogP contribution >= 0.6 is 0 Å². The molecule has 0 spiro atoms. The molecule has 4 nitrogen and oxygen atoms in total. The molecule has 15 heavy (non-hydrogen) atoms. The molecule has 0 aliphatic rings. The van der Waals surface area contributed by atoms with Gasteiger partial charge in [0.25, 0.3) is 0 Å². The Morgan fingerprint density at radius 3 is 2.47 bits per heavy atom. The smallest absolute Gasteiger partial charge is 0.233 e. The summed E-state index contributed by atoms with van der Waals surface area (Å²) in [7, 11) is 1.69. The molecule has 1 unspecified atom stereocenters. The van der Waals surface area contributed by atoms with Gasteiger partial charge in [0.1, 0.15) is 0 Å². The molecule has 0 aliphatic heterocycles. The number of hydrogen-bond donors (Lipinski definition) is 2. The summed E-state index contributed by atoms with van der Waals surface area (Å²) in [6, 6.07) is 0. The summed E-state index contributed by atoms with van der Waals surface area (Å²) >= 11 is 0. The molecule has 0 saturated heterocycles. The molecule has 90 valence electrons. The van der Waals surface area contributed by atoms with Crippen LogP contribution in [0.15, 0.2) is 0 Å². The molecule has 0 rings (SSSR count). The Balaban J connectivity index is 3.38. The minimum atomic E-state index is 0.0633. The quantitative estimate of drug-likeness (QED) is 0.626. The van der Waals surface area contributed by atoms with Crippen LogP contribution in [-0.4, -0.2) is 39.3 Å². The van der Waals surface area contributed by atoms with Gasteiger partial charge in [0.05, 0.1) is 6.54 Å². The van der Waals surface area contributed by atoms with E-state index in [1.807, 2.05) is 0 Å². The summed E-state index contributed by atoms with van der Waals surface area (Å²) in [5.74, 6) is 1.00. The maximum Gasteiger partial charge on any atom is 0.233 e. The van der Waals surface area contributed by atoms with Crippen LogP contribution in [0.4, 0.5) is 0 Å². The number of methoxy groups -OCH3 is 1. The first-order valence-electron chi connectivity index (χ1n) is 5.52. The lowest BCUT2D eigenvalue weighted by Gasteiger charge is -2.12. The number of ether oxygens (including phenoxy) is 1. The van der Waals surface area contributed by atoms with E-state index in [0.29, 0.717) is 18.4 Å². The molecular formula is C11H24N2O2. The van der Waals surface area contributed by atoms with Crippen molar-refractivity contribution in [3.63, 3.8) is 0 Å². The van der Waals surface area contributed by atoms with Crippen LogP contribution in [0.1, 0.15) is 20.8 Å². The Morgan fingerprint density at radius 2 is 1.93 bits per heavy atom. The van der Waals surface area contributed by atoms with Crippen molar-refractivity contribution >= 4 is 5.91 Å². The average Bonchev–Trinajstić information content (AvgIpc) is 2.15. The standard InChI is InChI=1S/C11H24N2O2/c1-9(2)5-13-11(14)7-12-6-10(3)8-15-4/h9-10,12H,5-8H2,1-4H3,(H,13,14). The van der Waals surface area contributed by atoms with Crippen molar-refractivity contribution in [1.82, 2.24) is 10.6 Å². The van der Waals surface area contributed by atoms with Crippen molar-refractivity contribution in [1.29, 1.82) is 0 Å². The lowest BCUT2D eigenvalue weighted by molar-refractivity contribution is -0.120. The largest absolute Gasteiger partial charge is 0.384 e. The maximum absolute atomic E-state index is 11.3. The number of rotatable bonds is 8. The number of amides is 1. The van der Waals surface area contributed by atoms with Gasteiger partial charge in [-0.15, -0.1) is 0 Å². The number of carbonyl (C=O) groups excluding carboxylic acids is 1. The van der Waals surface area contributed by atoms with E-state index < -0.39 is 0 Å². The van der Waals surface area contributed by atoms with E-state index in [9.17, 15) is 4.79 Å². The predicted octanol–water partition coefficient (Wildman–Crippen LogP) is 0.631. The fourth-order valence-corrected chi connectivity index (χ4v) is 1.16. The normalized spacial score (nSPS) is 12.9. The molecule has 1 atom stereocenters. The van der Waals surface area contributed by atoms with E-state index in [1.54, 1.807) is 7.11 Å². The van der Waals surface area contributed by atoms with Crippen molar-refractivity contribution in [2.45, 2.75) is 20.8 Å². The zero-order valence-corrected chi connectivity index (χ0v) is 10.3. The van der Waals surface area contributed by atoms with E-state index in [4.69, 9.17) is 4.74 Å². The first-order valence-corrected chi connectivity index (χ1v) is 5.52. The zero-order valence-electron chi connectivity index (χ0n) is 10.3. The third kappa shape index (κ3) is 9.69. The van der Waals surface area contributed by atoms with E-state index in [0.717, 1.165) is 19.7 Å². The Labute approximate surface area is 92.8 Å². The third-order valence-corrected chi connectivity index (χ3v) is 1.94. The number of nitrogens with one attached hydrogen (secondary N) is 2. The maximum atomic E-state index is 11.3. The predicted molar refractivity (Wildman–Crippen MR) is 61.8 cm³/mol. The van der Waals surface area contributed by atoms with Crippen molar-refractivity contribution in [2.24, 2.45) is 11.8 Å². The summed E-state index contributed by atoms with van der Waals surface area (Å²) in [5.41, 5.74) is 0. The first kappa shape index (κ1) is 14.4. The van der Waals surface area contributed by atoms with Crippen LogP contribution in [0, 0.1) is 11.8 Å².